The molecule has 0 saturated heterocycles. The first kappa shape index (κ1) is 10.4. The van der Waals surface area contributed by atoms with Crippen LogP contribution >= 0.6 is 0 Å². The van der Waals surface area contributed by atoms with Gasteiger partial charge in [0.15, 0.2) is 0 Å². The summed E-state index contributed by atoms with van der Waals surface area (Å²) in [7, 11) is 0. The molecule has 0 unspecified atom stereocenters. The minimum absolute atomic E-state index is 0.285. The van der Waals surface area contributed by atoms with Gasteiger partial charge in [-0.25, -0.2) is 4.79 Å². The molecular weight excluding hydrogens is 184 g/mol. The molecule has 0 atom stereocenters. The zero-order valence-electron chi connectivity index (χ0n) is 8.38. The van der Waals surface area contributed by atoms with Crippen molar-refractivity contribution in [2.45, 2.75) is 20.8 Å². The molecule has 0 aliphatic rings. The molecule has 0 bridgehead atoms. The van der Waals surface area contributed by atoms with E-state index in [2.05, 4.69) is 10.2 Å². The molecule has 0 spiro atoms. The van der Waals surface area contributed by atoms with Crippen molar-refractivity contribution in [1.82, 2.24) is 4.98 Å². The molecule has 1 aromatic rings. The first-order chi connectivity index (χ1) is 6.61. The molecule has 76 valence electrons. The molecule has 1 rings (SSSR count). The fourth-order valence-electron chi connectivity index (χ4n) is 1.28. The van der Waals surface area contributed by atoms with Crippen LogP contribution in [-0.2, 0) is 4.74 Å². The van der Waals surface area contributed by atoms with Crippen LogP contribution in [0, 0.1) is 18.8 Å². The zero-order chi connectivity index (χ0) is 10.7. The highest BCUT2D eigenvalue weighted by Crippen LogP contribution is 2.26. The van der Waals surface area contributed by atoms with Crippen LogP contribution in [0.15, 0.2) is 5.18 Å². The number of nitroso groups, excluding NO2 is 1. The lowest BCUT2D eigenvalue weighted by Gasteiger charge is -1.99. The molecule has 0 aromatic carbocycles. The van der Waals surface area contributed by atoms with E-state index < -0.39 is 5.97 Å². The third-order valence-corrected chi connectivity index (χ3v) is 1.97. The molecule has 1 N–H and O–H groups in total. The maximum Gasteiger partial charge on any atom is 0.355 e. The lowest BCUT2D eigenvalue weighted by atomic mass is 10.2. The first-order valence-electron chi connectivity index (χ1n) is 4.31. The van der Waals surface area contributed by atoms with Crippen LogP contribution in [0.4, 0.5) is 5.69 Å². The maximum atomic E-state index is 11.3. The number of carbonyl (C=O) groups excluding carboxylic acids is 1. The van der Waals surface area contributed by atoms with E-state index >= 15 is 0 Å². The maximum absolute atomic E-state index is 11.3. The first-order valence-corrected chi connectivity index (χ1v) is 4.31. The van der Waals surface area contributed by atoms with Crippen molar-refractivity contribution in [3.63, 3.8) is 0 Å². The van der Waals surface area contributed by atoms with Gasteiger partial charge in [-0.05, 0) is 25.9 Å². The van der Waals surface area contributed by atoms with Gasteiger partial charge in [0.1, 0.15) is 11.4 Å². The Hall–Kier alpha value is -1.65. The van der Waals surface area contributed by atoms with Gasteiger partial charge < -0.3 is 9.72 Å². The quantitative estimate of drug-likeness (QED) is 0.595. The van der Waals surface area contributed by atoms with E-state index in [1.807, 2.05) is 0 Å². The summed E-state index contributed by atoms with van der Waals surface area (Å²) in [6.45, 7) is 5.38. The molecule has 0 fully saturated rings. The average molecular weight is 196 g/mol. The van der Waals surface area contributed by atoms with Crippen LogP contribution < -0.4 is 0 Å². The Balaban J connectivity index is 3.10. The lowest BCUT2D eigenvalue weighted by Crippen LogP contribution is -2.06. The Bertz CT molecular complexity index is 368. The van der Waals surface area contributed by atoms with Gasteiger partial charge in [-0.3, -0.25) is 0 Å². The molecule has 0 amide bonds. The Morgan fingerprint density at radius 2 is 2.14 bits per heavy atom. The van der Waals surface area contributed by atoms with E-state index in [0.29, 0.717) is 23.6 Å². The van der Waals surface area contributed by atoms with E-state index in [-0.39, 0.29) is 5.69 Å². The van der Waals surface area contributed by atoms with E-state index in [1.165, 1.54) is 0 Å². The fourth-order valence-corrected chi connectivity index (χ4v) is 1.28. The number of esters is 1. The number of hydrogen-bond acceptors (Lipinski definition) is 4. The predicted molar refractivity (Wildman–Crippen MR) is 51.7 cm³/mol. The van der Waals surface area contributed by atoms with Crippen LogP contribution in [0.5, 0.6) is 0 Å². The van der Waals surface area contributed by atoms with Crippen LogP contribution in [-0.4, -0.2) is 17.6 Å². The number of nitrogens with zero attached hydrogens (tertiary/aromatic N) is 1. The summed E-state index contributed by atoms with van der Waals surface area (Å²) in [5.41, 5.74) is 1.71. The summed E-state index contributed by atoms with van der Waals surface area (Å²) in [5.74, 6) is -0.456. The Labute approximate surface area is 81.4 Å². The van der Waals surface area contributed by atoms with Gasteiger partial charge in [-0.1, -0.05) is 0 Å². The van der Waals surface area contributed by atoms with Crippen LogP contribution in [0.3, 0.4) is 0 Å². The highest BCUT2D eigenvalue weighted by Gasteiger charge is 2.18. The highest BCUT2D eigenvalue weighted by atomic mass is 16.5. The van der Waals surface area contributed by atoms with Crippen molar-refractivity contribution >= 4 is 11.7 Å². The van der Waals surface area contributed by atoms with Crippen molar-refractivity contribution in [2.24, 2.45) is 5.18 Å². The largest absolute Gasteiger partial charge is 0.461 e. The highest BCUT2D eigenvalue weighted by molar-refractivity contribution is 5.91. The summed E-state index contributed by atoms with van der Waals surface area (Å²) in [4.78, 5) is 24.5. The Morgan fingerprint density at radius 3 is 2.57 bits per heavy atom. The predicted octanol–water partition coefficient (Wildman–Crippen LogP) is 2.21. The van der Waals surface area contributed by atoms with E-state index in [1.54, 1.807) is 20.8 Å². The summed E-state index contributed by atoms with van der Waals surface area (Å²) >= 11 is 0. The van der Waals surface area contributed by atoms with Crippen molar-refractivity contribution in [2.75, 3.05) is 6.61 Å². The van der Waals surface area contributed by atoms with Crippen LogP contribution in [0.25, 0.3) is 0 Å². The molecule has 1 aromatic heterocycles. The summed E-state index contributed by atoms with van der Waals surface area (Å²) in [5, 5.41) is 2.84. The number of rotatable bonds is 3. The number of aryl methyl sites for hydroxylation is 1. The molecular formula is C9H12N2O3. The van der Waals surface area contributed by atoms with E-state index in [9.17, 15) is 9.70 Å². The van der Waals surface area contributed by atoms with Gasteiger partial charge in [0.2, 0.25) is 0 Å². The fraction of sp³-hybridized carbons (Fsp3) is 0.444. The number of carbonyl (C=O) groups is 1. The number of nitrogens with one attached hydrogen (secondary N) is 1. The topological polar surface area (TPSA) is 71.5 Å². The number of ether oxygens (including phenoxy) is 1. The summed E-state index contributed by atoms with van der Waals surface area (Å²) < 4.78 is 4.81. The zero-order valence-corrected chi connectivity index (χ0v) is 8.38. The monoisotopic (exact) mass is 196 g/mol. The minimum atomic E-state index is -0.456. The molecule has 0 radical (unpaired) electrons. The molecule has 0 aliphatic heterocycles. The summed E-state index contributed by atoms with van der Waals surface area (Å²) in [6.07, 6.45) is 0. The third-order valence-electron chi connectivity index (χ3n) is 1.97. The Morgan fingerprint density at radius 1 is 1.50 bits per heavy atom. The van der Waals surface area contributed by atoms with Crippen molar-refractivity contribution in [3.8, 4) is 0 Å². The summed E-state index contributed by atoms with van der Waals surface area (Å²) in [6, 6.07) is 0. The smallest absolute Gasteiger partial charge is 0.355 e. The van der Waals surface area contributed by atoms with Gasteiger partial charge in [-0.15, -0.1) is 4.91 Å². The van der Waals surface area contributed by atoms with Gasteiger partial charge >= 0.3 is 5.97 Å². The second-order valence-corrected chi connectivity index (χ2v) is 2.91. The van der Waals surface area contributed by atoms with Gasteiger partial charge in [0.05, 0.1) is 6.61 Å². The third kappa shape index (κ3) is 1.66. The minimum Gasteiger partial charge on any atom is -0.461 e. The van der Waals surface area contributed by atoms with E-state index in [0.717, 1.165) is 0 Å². The lowest BCUT2D eigenvalue weighted by molar-refractivity contribution is 0.0519. The molecule has 14 heavy (non-hydrogen) atoms. The van der Waals surface area contributed by atoms with Gasteiger partial charge in [0, 0.05) is 11.3 Å². The molecule has 5 heteroatoms. The standard InChI is InChI=1S/C9H12N2O3/c1-4-14-9(12)8-5(2)7(11-13)6(3)10-8/h10H,4H2,1-3H3. The van der Waals surface area contributed by atoms with Crippen LogP contribution in [0.1, 0.15) is 28.7 Å². The normalized spacial score (nSPS) is 9.93. The average Bonchev–Trinajstić information content (AvgIpc) is 2.42. The molecule has 1 heterocycles. The van der Waals surface area contributed by atoms with Crippen molar-refractivity contribution in [1.29, 1.82) is 0 Å². The number of aromatic nitrogens is 1. The molecule has 5 nitrogen and oxygen atoms in total. The van der Waals surface area contributed by atoms with Crippen molar-refractivity contribution in [3.05, 3.63) is 21.9 Å². The number of aromatic amines is 1. The second kappa shape index (κ2) is 4.04. The van der Waals surface area contributed by atoms with Gasteiger partial charge in [0.25, 0.3) is 0 Å². The van der Waals surface area contributed by atoms with Crippen molar-refractivity contribution < 1.29 is 9.53 Å². The SMILES string of the molecule is CCOC(=O)c1[nH]c(C)c(N=O)c1C. The Kier molecular flexibility index (Phi) is 3.01. The molecule has 0 saturated carbocycles. The van der Waals surface area contributed by atoms with Gasteiger partial charge in [-0.2, -0.15) is 0 Å². The number of H-pyrrole nitrogens is 1. The second-order valence-electron chi connectivity index (χ2n) is 2.91. The van der Waals surface area contributed by atoms with E-state index in [4.69, 9.17) is 4.74 Å². The number of hydrogen-bond donors (Lipinski definition) is 1. The van der Waals surface area contributed by atoms with Crippen LogP contribution in [0.2, 0.25) is 0 Å². The molecule has 0 aliphatic carbocycles.